The van der Waals surface area contributed by atoms with Gasteiger partial charge in [-0.2, -0.15) is 0 Å². The van der Waals surface area contributed by atoms with E-state index >= 15 is 0 Å². The Kier molecular flexibility index (Phi) is 11.4. The molecule has 1 aromatic carbocycles. The number of nitrogens with zero attached hydrogens (tertiary/aromatic N) is 2. The van der Waals surface area contributed by atoms with Crippen molar-refractivity contribution in [1.82, 2.24) is 15.5 Å². The van der Waals surface area contributed by atoms with E-state index < -0.39 is 0 Å². The van der Waals surface area contributed by atoms with Crippen LogP contribution < -0.4 is 10.6 Å². The summed E-state index contributed by atoms with van der Waals surface area (Å²) in [6, 6.07) is 9.75. The quantitative estimate of drug-likeness (QED) is 0.321. The molecule has 0 radical (unpaired) electrons. The van der Waals surface area contributed by atoms with Crippen LogP contribution in [-0.4, -0.2) is 62.4 Å². The molecule has 2 aliphatic heterocycles. The molecular formula is C23H39IN4O2. The van der Waals surface area contributed by atoms with E-state index in [4.69, 9.17) is 9.47 Å². The summed E-state index contributed by atoms with van der Waals surface area (Å²) < 4.78 is 11.5. The largest absolute Gasteiger partial charge is 0.381 e. The lowest BCUT2D eigenvalue weighted by molar-refractivity contribution is -0.0390. The number of likely N-dealkylation sites (tertiary alicyclic amines) is 1. The molecular weight excluding hydrogens is 491 g/mol. The minimum atomic E-state index is 0. The first-order chi connectivity index (χ1) is 14.1. The van der Waals surface area contributed by atoms with Crippen molar-refractivity contribution in [3.05, 3.63) is 35.4 Å². The van der Waals surface area contributed by atoms with E-state index in [1.807, 2.05) is 7.05 Å². The molecule has 2 N–H and O–H groups in total. The third kappa shape index (κ3) is 8.32. The second-order valence-electron chi connectivity index (χ2n) is 8.42. The van der Waals surface area contributed by atoms with E-state index in [0.29, 0.717) is 24.8 Å². The predicted molar refractivity (Wildman–Crippen MR) is 134 cm³/mol. The molecule has 0 amide bonds. The normalized spacial score (nSPS) is 19.5. The van der Waals surface area contributed by atoms with Crippen molar-refractivity contribution >= 4 is 29.9 Å². The zero-order chi connectivity index (χ0) is 20.5. The van der Waals surface area contributed by atoms with Crippen molar-refractivity contribution in [2.45, 2.75) is 70.9 Å². The van der Waals surface area contributed by atoms with E-state index in [9.17, 15) is 0 Å². The summed E-state index contributed by atoms with van der Waals surface area (Å²) in [6.45, 7) is 9.92. The highest BCUT2D eigenvalue weighted by molar-refractivity contribution is 14.0. The summed E-state index contributed by atoms with van der Waals surface area (Å²) in [5.41, 5.74) is 2.47. The number of ether oxygens (including phenoxy) is 2. The summed E-state index contributed by atoms with van der Waals surface area (Å²) in [6.07, 6.45) is 4.66. The highest BCUT2D eigenvalue weighted by atomic mass is 127. The molecule has 0 unspecified atom stereocenters. The van der Waals surface area contributed by atoms with Crippen molar-refractivity contribution in [2.75, 3.05) is 33.4 Å². The van der Waals surface area contributed by atoms with Crippen molar-refractivity contribution in [1.29, 1.82) is 0 Å². The Morgan fingerprint density at radius 1 is 1.17 bits per heavy atom. The molecule has 0 aliphatic carbocycles. The lowest BCUT2D eigenvalue weighted by atomic mass is 10.0. The molecule has 2 aliphatic rings. The lowest BCUT2D eigenvalue weighted by Crippen LogP contribution is -2.49. The van der Waals surface area contributed by atoms with E-state index in [2.05, 4.69) is 58.6 Å². The maximum absolute atomic E-state index is 6.06. The number of benzene rings is 1. The minimum absolute atomic E-state index is 0. The van der Waals surface area contributed by atoms with Crippen LogP contribution in [0.4, 0.5) is 0 Å². The monoisotopic (exact) mass is 530 g/mol. The van der Waals surface area contributed by atoms with Gasteiger partial charge in [0.15, 0.2) is 5.96 Å². The number of guanidine groups is 1. The Hall–Kier alpha value is -0.900. The standard InChI is InChI=1S/C23H38N4O2.HI/c1-18(2)27-11-7-21(8-12-27)26-23(24-3)25-16-19-5-4-6-20(15-19)17-29-22-9-13-28-14-10-22;/h4-6,15,18,21-22H,7-14,16-17H2,1-3H3,(H2,24,25,26);1H. The fourth-order valence-corrected chi connectivity index (χ4v) is 4.02. The number of aliphatic imine (C=N–C) groups is 1. The number of halogens is 1. The van der Waals surface area contributed by atoms with E-state index in [0.717, 1.165) is 64.5 Å². The fraction of sp³-hybridized carbons (Fsp3) is 0.696. The Bertz CT molecular complexity index is 642. The lowest BCUT2D eigenvalue weighted by Gasteiger charge is -2.35. The van der Waals surface area contributed by atoms with Crippen LogP contribution >= 0.6 is 24.0 Å². The third-order valence-electron chi connectivity index (χ3n) is 5.93. The molecule has 3 rings (SSSR count). The van der Waals surface area contributed by atoms with Crippen LogP contribution in [0.2, 0.25) is 0 Å². The predicted octanol–water partition coefficient (Wildman–Crippen LogP) is 3.54. The zero-order valence-corrected chi connectivity index (χ0v) is 21.1. The second-order valence-corrected chi connectivity index (χ2v) is 8.42. The zero-order valence-electron chi connectivity index (χ0n) is 18.7. The molecule has 6 nitrogen and oxygen atoms in total. The Balaban J connectivity index is 0.00000320. The Morgan fingerprint density at radius 2 is 1.87 bits per heavy atom. The third-order valence-corrected chi connectivity index (χ3v) is 5.93. The maximum atomic E-state index is 6.06. The second kappa shape index (κ2) is 13.5. The first kappa shape index (κ1) is 25.4. The van der Waals surface area contributed by atoms with Gasteiger partial charge in [0.1, 0.15) is 0 Å². The summed E-state index contributed by atoms with van der Waals surface area (Å²) in [4.78, 5) is 6.96. The summed E-state index contributed by atoms with van der Waals surface area (Å²) in [5.74, 6) is 0.886. The molecule has 2 fully saturated rings. The van der Waals surface area contributed by atoms with Crippen LogP contribution in [0.3, 0.4) is 0 Å². The highest BCUT2D eigenvalue weighted by Gasteiger charge is 2.21. The smallest absolute Gasteiger partial charge is 0.191 e. The van der Waals surface area contributed by atoms with Crippen LogP contribution in [0.1, 0.15) is 50.7 Å². The van der Waals surface area contributed by atoms with Gasteiger partial charge < -0.3 is 25.0 Å². The molecule has 7 heteroatoms. The van der Waals surface area contributed by atoms with Gasteiger partial charge in [0.2, 0.25) is 0 Å². The van der Waals surface area contributed by atoms with Gasteiger partial charge in [0, 0.05) is 52.0 Å². The number of nitrogens with one attached hydrogen (secondary N) is 2. The molecule has 0 aromatic heterocycles. The maximum Gasteiger partial charge on any atom is 0.191 e. The van der Waals surface area contributed by atoms with Crippen molar-refractivity contribution in [3.8, 4) is 0 Å². The fourth-order valence-electron chi connectivity index (χ4n) is 4.02. The molecule has 2 heterocycles. The van der Waals surface area contributed by atoms with Gasteiger partial charge in [0.05, 0.1) is 12.7 Å². The van der Waals surface area contributed by atoms with Gasteiger partial charge in [0.25, 0.3) is 0 Å². The molecule has 0 atom stereocenters. The minimum Gasteiger partial charge on any atom is -0.381 e. The molecule has 1 aromatic rings. The molecule has 0 bridgehead atoms. The van der Waals surface area contributed by atoms with Gasteiger partial charge in [-0.3, -0.25) is 4.99 Å². The van der Waals surface area contributed by atoms with Crippen LogP contribution in [-0.2, 0) is 22.6 Å². The van der Waals surface area contributed by atoms with Crippen molar-refractivity contribution < 1.29 is 9.47 Å². The molecule has 0 spiro atoms. The van der Waals surface area contributed by atoms with E-state index in [-0.39, 0.29) is 24.0 Å². The summed E-state index contributed by atoms with van der Waals surface area (Å²) in [7, 11) is 1.84. The van der Waals surface area contributed by atoms with Gasteiger partial charge in [-0.15, -0.1) is 24.0 Å². The van der Waals surface area contributed by atoms with Crippen LogP contribution in [0, 0.1) is 0 Å². The number of piperidine rings is 1. The van der Waals surface area contributed by atoms with Crippen molar-refractivity contribution in [2.24, 2.45) is 4.99 Å². The number of rotatable bonds is 7. The van der Waals surface area contributed by atoms with Crippen LogP contribution in [0.5, 0.6) is 0 Å². The highest BCUT2D eigenvalue weighted by Crippen LogP contribution is 2.15. The van der Waals surface area contributed by atoms with Gasteiger partial charge >= 0.3 is 0 Å². The van der Waals surface area contributed by atoms with Crippen LogP contribution in [0.25, 0.3) is 0 Å². The first-order valence-electron chi connectivity index (χ1n) is 11.1. The average Bonchev–Trinajstić information content (AvgIpc) is 2.76. The molecule has 30 heavy (non-hydrogen) atoms. The summed E-state index contributed by atoms with van der Waals surface area (Å²) in [5, 5.41) is 7.06. The SMILES string of the molecule is CN=C(NCc1cccc(COC2CCOCC2)c1)NC1CCN(C(C)C)CC1.I. The van der Waals surface area contributed by atoms with E-state index in [1.54, 1.807) is 0 Å². The average molecular weight is 530 g/mol. The Labute approximate surface area is 199 Å². The van der Waals surface area contributed by atoms with Gasteiger partial charge in [-0.25, -0.2) is 0 Å². The summed E-state index contributed by atoms with van der Waals surface area (Å²) >= 11 is 0. The van der Waals surface area contributed by atoms with Crippen molar-refractivity contribution in [3.63, 3.8) is 0 Å². The van der Waals surface area contributed by atoms with Crippen LogP contribution in [0.15, 0.2) is 29.3 Å². The van der Waals surface area contributed by atoms with E-state index in [1.165, 1.54) is 11.1 Å². The molecule has 2 saturated heterocycles. The number of hydrogen-bond donors (Lipinski definition) is 2. The topological polar surface area (TPSA) is 58.1 Å². The molecule has 0 saturated carbocycles. The Morgan fingerprint density at radius 3 is 2.53 bits per heavy atom. The first-order valence-corrected chi connectivity index (χ1v) is 11.1. The number of hydrogen-bond acceptors (Lipinski definition) is 4. The van der Waals surface area contributed by atoms with Gasteiger partial charge in [-0.05, 0) is 50.7 Å². The van der Waals surface area contributed by atoms with Gasteiger partial charge in [-0.1, -0.05) is 24.3 Å². The molecule has 170 valence electrons.